The van der Waals surface area contributed by atoms with Gasteiger partial charge in [-0.05, 0) is 31.0 Å². The summed E-state index contributed by atoms with van der Waals surface area (Å²) in [4.78, 5) is 25.8. The number of amides is 2. The first-order valence-electron chi connectivity index (χ1n) is 8.92. The number of ether oxygens (including phenoxy) is 1. The predicted octanol–water partition coefficient (Wildman–Crippen LogP) is 3.93. The number of halogens is 1. The topological polar surface area (TPSA) is 58.6 Å². The molecule has 1 N–H and O–H groups in total. The van der Waals surface area contributed by atoms with E-state index in [1.54, 1.807) is 30.2 Å². The highest BCUT2D eigenvalue weighted by Crippen LogP contribution is 2.29. The second-order valence-electron chi connectivity index (χ2n) is 6.50. The highest BCUT2D eigenvalue weighted by molar-refractivity contribution is 6.32. The maximum absolute atomic E-state index is 12.3. The van der Waals surface area contributed by atoms with Crippen LogP contribution in [0.3, 0.4) is 0 Å². The molecule has 1 fully saturated rings. The standard InChI is InChI=1S/C19H27ClN2O3/c1-14(23)22(16-9-10-18(25-2)17(20)13-16)12-11-19(24)21-15-7-5-3-4-6-8-15/h9-10,13,15H,3-8,11-12H2,1-2H3,(H,21,24). The molecule has 1 saturated carbocycles. The molecule has 6 heteroatoms. The molecule has 0 atom stereocenters. The van der Waals surface area contributed by atoms with Gasteiger partial charge in [0, 0.05) is 31.6 Å². The average Bonchev–Trinajstić information content (AvgIpc) is 2.83. The molecule has 0 aromatic heterocycles. The van der Waals surface area contributed by atoms with Crippen molar-refractivity contribution in [1.29, 1.82) is 0 Å². The van der Waals surface area contributed by atoms with Gasteiger partial charge in [0.15, 0.2) is 0 Å². The summed E-state index contributed by atoms with van der Waals surface area (Å²) in [7, 11) is 1.54. The Morgan fingerprint density at radius 2 is 1.92 bits per heavy atom. The van der Waals surface area contributed by atoms with E-state index in [4.69, 9.17) is 16.3 Å². The quantitative estimate of drug-likeness (QED) is 0.776. The third kappa shape index (κ3) is 5.92. The van der Waals surface area contributed by atoms with E-state index in [2.05, 4.69) is 5.32 Å². The Hall–Kier alpha value is -1.75. The molecule has 0 bridgehead atoms. The van der Waals surface area contributed by atoms with Crippen molar-refractivity contribution in [1.82, 2.24) is 5.32 Å². The van der Waals surface area contributed by atoms with E-state index in [1.165, 1.54) is 32.6 Å². The molecule has 138 valence electrons. The third-order valence-electron chi connectivity index (χ3n) is 4.61. The van der Waals surface area contributed by atoms with Crippen LogP contribution in [0.1, 0.15) is 51.9 Å². The molecule has 2 rings (SSSR count). The summed E-state index contributed by atoms with van der Waals surface area (Å²) in [5, 5.41) is 3.55. The monoisotopic (exact) mass is 366 g/mol. The fraction of sp³-hybridized carbons (Fsp3) is 0.579. The van der Waals surface area contributed by atoms with Gasteiger partial charge in [0.2, 0.25) is 11.8 Å². The smallest absolute Gasteiger partial charge is 0.223 e. The minimum atomic E-state index is -0.122. The summed E-state index contributed by atoms with van der Waals surface area (Å²) in [6.07, 6.45) is 7.24. The van der Waals surface area contributed by atoms with Gasteiger partial charge in [0.05, 0.1) is 12.1 Å². The molecule has 1 aliphatic rings. The van der Waals surface area contributed by atoms with E-state index in [0.717, 1.165) is 12.8 Å². The predicted molar refractivity (Wildman–Crippen MR) is 100 cm³/mol. The van der Waals surface area contributed by atoms with Crippen LogP contribution in [0.5, 0.6) is 5.75 Å². The first-order valence-corrected chi connectivity index (χ1v) is 9.30. The summed E-state index contributed by atoms with van der Waals surface area (Å²) < 4.78 is 5.13. The van der Waals surface area contributed by atoms with E-state index in [1.807, 2.05) is 0 Å². The van der Waals surface area contributed by atoms with Gasteiger partial charge in [-0.25, -0.2) is 0 Å². The Kier molecular flexibility index (Phi) is 7.56. The van der Waals surface area contributed by atoms with Crippen LogP contribution in [-0.2, 0) is 9.59 Å². The van der Waals surface area contributed by atoms with Gasteiger partial charge in [-0.2, -0.15) is 0 Å². The zero-order valence-electron chi connectivity index (χ0n) is 15.0. The Morgan fingerprint density at radius 3 is 2.48 bits per heavy atom. The number of methoxy groups -OCH3 is 1. The van der Waals surface area contributed by atoms with Crippen molar-refractivity contribution in [2.45, 2.75) is 57.9 Å². The molecule has 5 nitrogen and oxygen atoms in total. The van der Waals surface area contributed by atoms with Crippen LogP contribution in [0.25, 0.3) is 0 Å². The van der Waals surface area contributed by atoms with E-state index in [-0.39, 0.29) is 24.3 Å². The Morgan fingerprint density at radius 1 is 1.24 bits per heavy atom. The van der Waals surface area contributed by atoms with Crippen molar-refractivity contribution in [2.24, 2.45) is 0 Å². The van der Waals surface area contributed by atoms with Gasteiger partial charge < -0.3 is 15.0 Å². The molecule has 0 spiro atoms. The van der Waals surface area contributed by atoms with E-state index in [0.29, 0.717) is 23.0 Å². The number of nitrogens with zero attached hydrogens (tertiary/aromatic N) is 1. The van der Waals surface area contributed by atoms with E-state index in [9.17, 15) is 9.59 Å². The first kappa shape index (κ1) is 19.6. The number of carbonyl (C=O) groups is 2. The first-order chi connectivity index (χ1) is 12.0. The average molecular weight is 367 g/mol. The van der Waals surface area contributed by atoms with Gasteiger partial charge in [0.1, 0.15) is 5.75 Å². The molecule has 2 amide bonds. The molecule has 0 heterocycles. The van der Waals surface area contributed by atoms with Crippen LogP contribution in [0.2, 0.25) is 5.02 Å². The molecule has 0 saturated heterocycles. The molecule has 25 heavy (non-hydrogen) atoms. The number of carbonyl (C=O) groups excluding carboxylic acids is 2. The highest BCUT2D eigenvalue weighted by atomic mass is 35.5. The van der Waals surface area contributed by atoms with E-state index < -0.39 is 0 Å². The van der Waals surface area contributed by atoms with Gasteiger partial charge in [-0.15, -0.1) is 0 Å². The molecular weight excluding hydrogens is 340 g/mol. The number of benzene rings is 1. The van der Waals surface area contributed by atoms with Crippen LogP contribution in [0.4, 0.5) is 5.69 Å². The van der Waals surface area contributed by atoms with Crippen molar-refractivity contribution >= 4 is 29.1 Å². The minimum absolute atomic E-state index is 0.00208. The van der Waals surface area contributed by atoms with Gasteiger partial charge >= 0.3 is 0 Å². The van der Waals surface area contributed by atoms with Gasteiger partial charge in [-0.3, -0.25) is 9.59 Å². The number of anilines is 1. The fourth-order valence-corrected chi connectivity index (χ4v) is 3.48. The van der Waals surface area contributed by atoms with Crippen molar-refractivity contribution in [2.75, 3.05) is 18.6 Å². The fourth-order valence-electron chi connectivity index (χ4n) is 3.23. The Bertz CT molecular complexity index is 598. The lowest BCUT2D eigenvalue weighted by molar-refractivity contribution is -0.121. The van der Waals surface area contributed by atoms with Crippen molar-refractivity contribution in [3.8, 4) is 5.75 Å². The highest BCUT2D eigenvalue weighted by Gasteiger charge is 2.18. The summed E-state index contributed by atoms with van der Waals surface area (Å²) >= 11 is 6.14. The second kappa shape index (κ2) is 9.66. The lowest BCUT2D eigenvalue weighted by Crippen LogP contribution is -2.38. The summed E-state index contributed by atoms with van der Waals surface area (Å²) in [6, 6.07) is 5.45. The zero-order valence-corrected chi connectivity index (χ0v) is 15.8. The lowest BCUT2D eigenvalue weighted by atomic mass is 10.1. The van der Waals surface area contributed by atoms with Gasteiger partial charge in [0.25, 0.3) is 0 Å². The van der Waals surface area contributed by atoms with Crippen LogP contribution in [0, 0.1) is 0 Å². The molecule has 1 aliphatic carbocycles. The van der Waals surface area contributed by atoms with Crippen LogP contribution in [0.15, 0.2) is 18.2 Å². The maximum Gasteiger partial charge on any atom is 0.223 e. The molecular formula is C19H27ClN2O3. The summed E-state index contributed by atoms with van der Waals surface area (Å²) in [5.41, 5.74) is 0.667. The second-order valence-corrected chi connectivity index (χ2v) is 6.90. The van der Waals surface area contributed by atoms with Gasteiger partial charge in [-0.1, -0.05) is 37.3 Å². The normalized spacial score (nSPS) is 15.3. The number of rotatable bonds is 6. The minimum Gasteiger partial charge on any atom is -0.495 e. The Balaban J connectivity index is 1.93. The van der Waals surface area contributed by atoms with E-state index >= 15 is 0 Å². The molecule has 0 aliphatic heterocycles. The van der Waals surface area contributed by atoms with Crippen LogP contribution < -0.4 is 15.0 Å². The summed E-state index contributed by atoms with van der Waals surface area (Å²) in [5.74, 6) is 0.432. The largest absolute Gasteiger partial charge is 0.495 e. The molecule has 0 radical (unpaired) electrons. The summed E-state index contributed by atoms with van der Waals surface area (Å²) in [6.45, 7) is 1.82. The number of hydrogen-bond donors (Lipinski definition) is 1. The van der Waals surface area contributed by atoms with Crippen molar-refractivity contribution < 1.29 is 14.3 Å². The third-order valence-corrected chi connectivity index (χ3v) is 4.91. The maximum atomic E-state index is 12.3. The van der Waals surface area contributed by atoms with Crippen LogP contribution >= 0.6 is 11.6 Å². The number of hydrogen-bond acceptors (Lipinski definition) is 3. The SMILES string of the molecule is COc1ccc(N(CCC(=O)NC2CCCCCC2)C(C)=O)cc1Cl. The zero-order chi connectivity index (χ0) is 18.2. The molecule has 0 unspecified atom stereocenters. The Labute approximate surface area is 154 Å². The lowest BCUT2D eigenvalue weighted by Gasteiger charge is -2.22. The van der Waals surface area contributed by atoms with Crippen molar-refractivity contribution in [3.05, 3.63) is 23.2 Å². The molecule has 1 aromatic carbocycles. The van der Waals surface area contributed by atoms with Crippen molar-refractivity contribution in [3.63, 3.8) is 0 Å². The van der Waals surface area contributed by atoms with Crippen LogP contribution in [-0.4, -0.2) is 31.5 Å². The number of nitrogens with one attached hydrogen (secondary N) is 1. The molecule has 1 aromatic rings.